The number of benzene rings is 1. The molecular weight excluding hydrogens is 480 g/mol. The number of pyridine rings is 1. The lowest BCUT2D eigenvalue weighted by Crippen LogP contribution is -2.33. The van der Waals surface area contributed by atoms with Gasteiger partial charge in [0.05, 0.1) is 28.4 Å². The van der Waals surface area contributed by atoms with Gasteiger partial charge in [-0.1, -0.05) is 12.8 Å². The van der Waals surface area contributed by atoms with Crippen molar-refractivity contribution >= 4 is 46.5 Å². The Labute approximate surface area is 213 Å². The molecule has 37 heavy (non-hydrogen) atoms. The second kappa shape index (κ2) is 11.4. The maximum absolute atomic E-state index is 14.7. The highest BCUT2D eigenvalue weighted by molar-refractivity contribution is 6.54. The number of rotatable bonds is 12. The second-order valence-corrected chi connectivity index (χ2v) is 8.74. The van der Waals surface area contributed by atoms with Crippen LogP contribution in [-0.2, 0) is 0 Å². The molecule has 0 aliphatic rings. The molecule has 0 radical (unpaired) electrons. The molecule has 3 heterocycles. The quantitative estimate of drug-likeness (QED) is 0.141. The van der Waals surface area contributed by atoms with Crippen LogP contribution in [0.4, 0.5) is 15.9 Å². The summed E-state index contributed by atoms with van der Waals surface area (Å²) in [4.78, 5) is 28.9. The van der Waals surface area contributed by atoms with Crippen LogP contribution >= 0.6 is 0 Å². The minimum Gasteiger partial charge on any atom is -0.478 e. The maximum atomic E-state index is 14.7. The van der Waals surface area contributed by atoms with Gasteiger partial charge >= 0.3 is 19.0 Å². The number of aromatic carboxylic acids is 1. The number of nitrogens with zero attached hydrogens (tertiary/aromatic N) is 4. The summed E-state index contributed by atoms with van der Waals surface area (Å²) in [7, 11) is 0.801. The zero-order valence-electron chi connectivity index (χ0n) is 20.7. The minimum atomic E-state index is -1.14. The number of anilines is 2. The van der Waals surface area contributed by atoms with Crippen LogP contribution in [-0.4, -0.2) is 63.2 Å². The number of ether oxygens (including phenoxy) is 1. The highest BCUT2D eigenvalue weighted by Gasteiger charge is 2.22. The molecule has 0 unspecified atom stereocenters. The molecular formula is C24H29BFN7O4. The van der Waals surface area contributed by atoms with Crippen LogP contribution in [0.5, 0.6) is 11.8 Å². The number of aromatic amines is 1. The molecule has 0 spiro atoms. The lowest BCUT2D eigenvalue weighted by atomic mass is 9.85. The van der Waals surface area contributed by atoms with Gasteiger partial charge in [-0.25, -0.2) is 9.18 Å². The molecule has 0 atom stereocenters. The molecule has 3 aromatic heterocycles. The van der Waals surface area contributed by atoms with E-state index in [-0.39, 0.29) is 17.3 Å². The van der Waals surface area contributed by atoms with Gasteiger partial charge in [-0.3, -0.25) is 4.98 Å². The van der Waals surface area contributed by atoms with Crippen LogP contribution < -0.4 is 20.6 Å². The number of H-pyrrole nitrogens is 1. The number of unbranched alkanes of at least 4 members (excludes halogenated alkanes) is 3. The highest BCUT2D eigenvalue weighted by atomic mass is 19.1. The summed E-state index contributed by atoms with van der Waals surface area (Å²) in [6.07, 6.45) is 6.41. The molecule has 6 N–H and O–H groups in total. The third kappa shape index (κ3) is 5.89. The van der Waals surface area contributed by atoms with E-state index in [1.165, 1.54) is 30.6 Å². The predicted octanol–water partition coefficient (Wildman–Crippen LogP) is 3.61. The highest BCUT2D eigenvalue weighted by Crippen LogP contribution is 2.37. The van der Waals surface area contributed by atoms with Crippen LogP contribution in [0, 0.1) is 5.82 Å². The first-order valence-electron chi connectivity index (χ1n) is 12.0. The summed E-state index contributed by atoms with van der Waals surface area (Å²) in [6.45, 7) is 2.85. The standard InChI is InChI=1S/C24H29BFN7O4/c1-25(36)33(2)18-11-15(26)10-17-19-21(29-8-6-4-3-5-7-27)31-24(32-22(19)30-20(17)18)37-16-9-14(23(34)35)12-28-13-16/h9-13,36H,3-8,27H2,1-2H3,(H,34,35)(H2,29,30,31,32). The molecule has 0 amide bonds. The van der Waals surface area contributed by atoms with E-state index in [1.54, 1.807) is 18.7 Å². The average molecular weight is 509 g/mol. The topological polar surface area (TPSA) is 163 Å². The Morgan fingerprint density at radius 2 is 2.00 bits per heavy atom. The first-order valence-corrected chi connectivity index (χ1v) is 12.0. The van der Waals surface area contributed by atoms with Crippen molar-refractivity contribution in [3.63, 3.8) is 0 Å². The molecule has 1 aromatic carbocycles. The Bertz CT molecular complexity index is 1420. The van der Waals surface area contributed by atoms with Crippen LogP contribution in [0.3, 0.4) is 0 Å². The van der Waals surface area contributed by atoms with Gasteiger partial charge < -0.3 is 35.7 Å². The zero-order chi connectivity index (χ0) is 26.5. The number of nitrogens with two attached hydrogens (primary N) is 1. The molecule has 11 nitrogen and oxygen atoms in total. The van der Waals surface area contributed by atoms with Crippen molar-refractivity contribution in [1.29, 1.82) is 0 Å². The van der Waals surface area contributed by atoms with E-state index < -0.39 is 18.8 Å². The maximum Gasteiger partial charge on any atom is 0.409 e. The Hall–Kier alpha value is -3.97. The van der Waals surface area contributed by atoms with E-state index in [4.69, 9.17) is 10.5 Å². The molecule has 0 aliphatic carbocycles. The molecule has 194 valence electrons. The van der Waals surface area contributed by atoms with E-state index in [9.17, 15) is 19.3 Å². The van der Waals surface area contributed by atoms with E-state index in [2.05, 4.69) is 25.3 Å². The molecule has 4 aromatic rings. The summed E-state index contributed by atoms with van der Waals surface area (Å²) in [5, 5.41) is 23.8. The van der Waals surface area contributed by atoms with Gasteiger partial charge in [0.15, 0.2) is 0 Å². The van der Waals surface area contributed by atoms with Crippen LogP contribution in [0.1, 0.15) is 36.0 Å². The van der Waals surface area contributed by atoms with Gasteiger partial charge in [-0.2, -0.15) is 9.97 Å². The smallest absolute Gasteiger partial charge is 0.409 e. The molecule has 4 rings (SSSR count). The SMILES string of the molecule is CB(O)N(C)c1cc(F)cc2c1[nH]c1nc(Oc3cncc(C(=O)O)c3)nc(NCCCCCCN)c12. The molecule has 0 fully saturated rings. The summed E-state index contributed by atoms with van der Waals surface area (Å²) < 4.78 is 20.4. The van der Waals surface area contributed by atoms with Crippen LogP contribution in [0.2, 0.25) is 6.82 Å². The summed E-state index contributed by atoms with van der Waals surface area (Å²) >= 11 is 0. The van der Waals surface area contributed by atoms with Crippen molar-refractivity contribution in [1.82, 2.24) is 19.9 Å². The summed E-state index contributed by atoms with van der Waals surface area (Å²) in [6, 6.07) is 4.01. The van der Waals surface area contributed by atoms with Gasteiger partial charge in [-0.15, -0.1) is 0 Å². The normalized spacial score (nSPS) is 11.2. The fraction of sp³-hybridized carbons (Fsp3) is 0.333. The summed E-state index contributed by atoms with van der Waals surface area (Å²) in [5.41, 5.74) is 6.95. The van der Waals surface area contributed by atoms with Gasteiger partial charge in [-0.05, 0) is 51.5 Å². The Morgan fingerprint density at radius 1 is 1.22 bits per heavy atom. The first kappa shape index (κ1) is 26.1. The van der Waals surface area contributed by atoms with Crippen molar-refractivity contribution in [3.05, 3.63) is 42.0 Å². The minimum absolute atomic E-state index is 0.0405. The van der Waals surface area contributed by atoms with Crippen LogP contribution in [0.25, 0.3) is 21.9 Å². The number of nitrogens with one attached hydrogen (secondary N) is 2. The fourth-order valence-electron chi connectivity index (χ4n) is 4.00. The lowest BCUT2D eigenvalue weighted by molar-refractivity contribution is 0.0696. The van der Waals surface area contributed by atoms with Crippen molar-refractivity contribution < 1.29 is 24.1 Å². The van der Waals surface area contributed by atoms with Gasteiger partial charge in [0.25, 0.3) is 0 Å². The van der Waals surface area contributed by atoms with Gasteiger partial charge in [0.1, 0.15) is 23.0 Å². The summed E-state index contributed by atoms with van der Waals surface area (Å²) in [5.74, 6) is -1.02. The monoisotopic (exact) mass is 509 g/mol. The number of carboxylic acid groups (broad SMARTS) is 1. The largest absolute Gasteiger partial charge is 0.478 e. The van der Waals surface area contributed by atoms with Crippen molar-refractivity contribution in [2.45, 2.75) is 32.5 Å². The Balaban J connectivity index is 1.78. The third-order valence-corrected chi connectivity index (χ3v) is 6.02. The van der Waals surface area contributed by atoms with Crippen LogP contribution in [0.15, 0.2) is 30.6 Å². The first-order chi connectivity index (χ1) is 17.8. The van der Waals surface area contributed by atoms with E-state index in [0.717, 1.165) is 25.7 Å². The van der Waals surface area contributed by atoms with Crippen molar-refractivity contribution in [3.8, 4) is 11.8 Å². The number of hydrogen-bond acceptors (Lipinski definition) is 9. The fourth-order valence-corrected chi connectivity index (χ4v) is 4.00. The van der Waals surface area contributed by atoms with Gasteiger partial charge in [0.2, 0.25) is 0 Å². The lowest BCUT2D eigenvalue weighted by Gasteiger charge is -2.20. The number of hydrogen-bond donors (Lipinski definition) is 5. The van der Waals surface area contributed by atoms with E-state index >= 15 is 0 Å². The number of carboxylic acids is 1. The third-order valence-electron chi connectivity index (χ3n) is 6.02. The number of halogens is 1. The van der Waals surface area contributed by atoms with Gasteiger partial charge in [0, 0.05) is 18.1 Å². The predicted molar refractivity (Wildman–Crippen MR) is 141 cm³/mol. The van der Waals surface area contributed by atoms with E-state index in [0.29, 0.717) is 46.5 Å². The number of aromatic nitrogens is 4. The number of carbonyl (C=O) groups is 1. The van der Waals surface area contributed by atoms with Crippen molar-refractivity contribution in [2.75, 3.05) is 30.3 Å². The molecule has 0 saturated heterocycles. The number of fused-ring (bicyclic) bond motifs is 3. The van der Waals surface area contributed by atoms with Crippen molar-refractivity contribution in [2.24, 2.45) is 5.73 Å². The molecule has 0 bridgehead atoms. The molecule has 13 heteroatoms. The Kier molecular flexibility index (Phi) is 8.04. The second-order valence-electron chi connectivity index (χ2n) is 8.74. The van der Waals surface area contributed by atoms with E-state index in [1.807, 2.05) is 0 Å². The molecule has 0 saturated carbocycles. The zero-order valence-corrected chi connectivity index (χ0v) is 20.7. The molecule has 0 aliphatic heterocycles. The average Bonchev–Trinajstić information content (AvgIpc) is 3.23. The Morgan fingerprint density at radius 3 is 2.73 bits per heavy atom.